The van der Waals surface area contributed by atoms with E-state index in [1.165, 1.54) is 0 Å². The van der Waals surface area contributed by atoms with Crippen molar-refractivity contribution in [3.8, 4) is 5.69 Å². The second-order valence-electron chi connectivity index (χ2n) is 3.61. The SMILES string of the molecule is CCc1c(CCl)cnn1-c1ccc(Cl)c(Cl)c1. The zero-order valence-electron chi connectivity index (χ0n) is 9.25. The molecule has 0 saturated heterocycles. The molecular formula is C12H11Cl3N2. The van der Waals surface area contributed by atoms with Crippen LogP contribution in [-0.4, -0.2) is 9.78 Å². The molecule has 90 valence electrons. The highest BCUT2D eigenvalue weighted by Crippen LogP contribution is 2.25. The van der Waals surface area contributed by atoms with E-state index in [-0.39, 0.29) is 0 Å². The quantitative estimate of drug-likeness (QED) is 0.762. The lowest BCUT2D eigenvalue weighted by Crippen LogP contribution is -2.02. The first kappa shape index (κ1) is 12.7. The van der Waals surface area contributed by atoms with Gasteiger partial charge in [-0.15, -0.1) is 11.6 Å². The minimum absolute atomic E-state index is 0.463. The molecule has 17 heavy (non-hydrogen) atoms. The highest BCUT2D eigenvalue weighted by atomic mass is 35.5. The molecule has 1 aromatic carbocycles. The lowest BCUT2D eigenvalue weighted by atomic mass is 10.2. The Kier molecular flexibility index (Phi) is 3.97. The Hall–Kier alpha value is -0.700. The fraction of sp³-hybridized carbons (Fsp3) is 0.250. The van der Waals surface area contributed by atoms with Crippen molar-refractivity contribution in [2.24, 2.45) is 0 Å². The van der Waals surface area contributed by atoms with Crippen LogP contribution in [0.5, 0.6) is 0 Å². The maximum absolute atomic E-state index is 6.00. The molecule has 2 nitrogen and oxygen atoms in total. The summed E-state index contributed by atoms with van der Waals surface area (Å²) in [5, 5.41) is 5.39. The van der Waals surface area contributed by atoms with Gasteiger partial charge in [0.05, 0.1) is 27.8 Å². The van der Waals surface area contributed by atoms with Gasteiger partial charge < -0.3 is 0 Å². The molecule has 5 heteroatoms. The molecule has 0 atom stereocenters. The summed E-state index contributed by atoms with van der Waals surface area (Å²) in [5.41, 5.74) is 3.03. The fourth-order valence-electron chi connectivity index (χ4n) is 1.74. The second-order valence-corrected chi connectivity index (χ2v) is 4.70. The molecule has 0 unspecified atom stereocenters. The molecule has 1 aromatic heterocycles. The van der Waals surface area contributed by atoms with Crippen molar-refractivity contribution in [1.29, 1.82) is 0 Å². The first-order valence-electron chi connectivity index (χ1n) is 5.24. The molecule has 2 rings (SSSR count). The normalized spacial score (nSPS) is 10.8. The summed E-state index contributed by atoms with van der Waals surface area (Å²) in [4.78, 5) is 0. The molecule has 0 spiro atoms. The molecule has 0 bridgehead atoms. The molecule has 0 amide bonds. The molecule has 0 aliphatic carbocycles. The number of aromatic nitrogens is 2. The van der Waals surface area contributed by atoms with Crippen LogP contribution in [0.15, 0.2) is 24.4 Å². The maximum atomic E-state index is 6.00. The van der Waals surface area contributed by atoms with Crippen LogP contribution in [0.3, 0.4) is 0 Å². The van der Waals surface area contributed by atoms with Gasteiger partial charge in [0.15, 0.2) is 0 Å². The average Bonchev–Trinajstić information content (AvgIpc) is 2.75. The topological polar surface area (TPSA) is 17.8 Å². The average molecular weight is 290 g/mol. The summed E-state index contributed by atoms with van der Waals surface area (Å²) in [6.07, 6.45) is 2.65. The van der Waals surface area contributed by atoms with Gasteiger partial charge in [0.1, 0.15) is 0 Å². The van der Waals surface area contributed by atoms with Crippen molar-refractivity contribution in [2.75, 3.05) is 0 Å². The van der Waals surface area contributed by atoms with Crippen LogP contribution < -0.4 is 0 Å². The Bertz CT molecular complexity index is 535. The van der Waals surface area contributed by atoms with E-state index in [0.717, 1.165) is 23.4 Å². The maximum Gasteiger partial charge on any atom is 0.0664 e. The third-order valence-corrected chi connectivity index (χ3v) is 3.61. The van der Waals surface area contributed by atoms with Crippen LogP contribution in [0.4, 0.5) is 0 Å². The predicted molar refractivity (Wildman–Crippen MR) is 72.5 cm³/mol. The zero-order valence-corrected chi connectivity index (χ0v) is 11.5. The Labute approximate surface area is 115 Å². The van der Waals surface area contributed by atoms with Gasteiger partial charge in [-0.1, -0.05) is 30.1 Å². The van der Waals surface area contributed by atoms with E-state index in [2.05, 4.69) is 12.0 Å². The Balaban J connectivity index is 2.52. The highest BCUT2D eigenvalue weighted by Gasteiger charge is 2.10. The Morgan fingerprint density at radius 1 is 1.24 bits per heavy atom. The van der Waals surface area contributed by atoms with Gasteiger partial charge >= 0.3 is 0 Å². The van der Waals surface area contributed by atoms with E-state index in [1.807, 2.05) is 10.7 Å². The van der Waals surface area contributed by atoms with Gasteiger partial charge in [0.25, 0.3) is 0 Å². The Morgan fingerprint density at radius 3 is 2.59 bits per heavy atom. The van der Waals surface area contributed by atoms with Crippen molar-refractivity contribution in [3.05, 3.63) is 45.7 Å². The summed E-state index contributed by atoms with van der Waals surface area (Å²) in [6.45, 7) is 2.07. The largest absolute Gasteiger partial charge is 0.237 e. The summed E-state index contributed by atoms with van der Waals surface area (Å²) in [6, 6.07) is 5.45. The van der Waals surface area contributed by atoms with E-state index >= 15 is 0 Å². The molecule has 1 heterocycles. The van der Waals surface area contributed by atoms with Gasteiger partial charge in [0.2, 0.25) is 0 Å². The third-order valence-electron chi connectivity index (χ3n) is 2.58. The number of rotatable bonds is 3. The predicted octanol–water partition coefficient (Wildman–Crippen LogP) is 4.48. The summed E-state index contributed by atoms with van der Waals surface area (Å²) in [5.74, 6) is 0.463. The Morgan fingerprint density at radius 2 is 2.00 bits per heavy atom. The molecule has 0 fully saturated rings. The van der Waals surface area contributed by atoms with E-state index in [4.69, 9.17) is 34.8 Å². The van der Waals surface area contributed by atoms with Crippen molar-refractivity contribution in [3.63, 3.8) is 0 Å². The van der Waals surface area contributed by atoms with Crippen LogP contribution in [0.1, 0.15) is 18.2 Å². The zero-order chi connectivity index (χ0) is 12.4. The molecule has 0 N–H and O–H groups in total. The van der Waals surface area contributed by atoms with Crippen LogP contribution in [-0.2, 0) is 12.3 Å². The van der Waals surface area contributed by atoms with E-state index in [0.29, 0.717) is 15.9 Å². The van der Waals surface area contributed by atoms with Crippen LogP contribution in [0, 0.1) is 0 Å². The van der Waals surface area contributed by atoms with E-state index in [1.54, 1.807) is 18.3 Å². The second kappa shape index (κ2) is 5.30. The van der Waals surface area contributed by atoms with E-state index in [9.17, 15) is 0 Å². The van der Waals surface area contributed by atoms with Crippen molar-refractivity contribution >= 4 is 34.8 Å². The molecule has 0 aliphatic rings. The van der Waals surface area contributed by atoms with Crippen molar-refractivity contribution < 1.29 is 0 Å². The number of halogens is 3. The minimum Gasteiger partial charge on any atom is -0.237 e. The molecule has 2 aromatic rings. The van der Waals surface area contributed by atoms with Gasteiger partial charge in [0, 0.05) is 11.3 Å². The first-order chi connectivity index (χ1) is 8.17. The van der Waals surface area contributed by atoms with Gasteiger partial charge in [-0.2, -0.15) is 5.10 Å². The molecule has 0 aliphatic heterocycles. The number of nitrogens with zero attached hydrogens (tertiary/aromatic N) is 2. The number of benzene rings is 1. The molecule has 0 saturated carbocycles. The number of hydrogen-bond donors (Lipinski definition) is 0. The smallest absolute Gasteiger partial charge is 0.0664 e. The monoisotopic (exact) mass is 288 g/mol. The minimum atomic E-state index is 0.463. The van der Waals surface area contributed by atoms with Gasteiger partial charge in [-0.25, -0.2) is 4.68 Å². The summed E-state index contributed by atoms with van der Waals surface area (Å²) < 4.78 is 1.85. The van der Waals surface area contributed by atoms with Gasteiger partial charge in [-0.3, -0.25) is 0 Å². The summed E-state index contributed by atoms with van der Waals surface area (Å²) >= 11 is 17.8. The number of alkyl halides is 1. The fourth-order valence-corrected chi connectivity index (χ4v) is 2.25. The van der Waals surface area contributed by atoms with Crippen LogP contribution >= 0.6 is 34.8 Å². The summed E-state index contributed by atoms with van der Waals surface area (Å²) in [7, 11) is 0. The van der Waals surface area contributed by atoms with E-state index < -0.39 is 0 Å². The van der Waals surface area contributed by atoms with Crippen molar-refractivity contribution in [1.82, 2.24) is 9.78 Å². The van der Waals surface area contributed by atoms with Crippen LogP contribution in [0.2, 0.25) is 10.0 Å². The highest BCUT2D eigenvalue weighted by molar-refractivity contribution is 6.42. The standard InChI is InChI=1S/C12H11Cl3N2/c1-2-12-8(6-13)7-16-17(12)9-3-4-10(14)11(15)5-9/h3-5,7H,2,6H2,1H3. The lowest BCUT2D eigenvalue weighted by molar-refractivity contribution is 0.811. The van der Waals surface area contributed by atoms with Crippen LogP contribution in [0.25, 0.3) is 5.69 Å². The molecule has 0 radical (unpaired) electrons. The van der Waals surface area contributed by atoms with Crippen molar-refractivity contribution in [2.45, 2.75) is 19.2 Å². The molecular weight excluding hydrogens is 279 g/mol. The number of hydrogen-bond acceptors (Lipinski definition) is 1. The lowest BCUT2D eigenvalue weighted by Gasteiger charge is -2.08. The first-order valence-corrected chi connectivity index (χ1v) is 6.53. The third kappa shape index (κ3) is 2.44. The van der Waals surface area contributed by atoms with Gasteiger partial charge in [-0.05, 0) is 24.6 Å².